The van der Waals surface area contributed by atoms with E-state index in [-0.39, 0.29) is 0 Å². The molecule has 0 amide bonds. The minimum atomic E-state index is 0.569. The van der Waals surface area contributed by atoms with Crippen LogP contribution in [0.25, 0.3) is 0 Å². The van der Waals surface area contributed by atoms with E-state index in [0.29, 0.717) is 11.6 Å². The molecule has 1 saturated heterocycles. The number of nitrogens with one attached hydrogen (secondary N) is 1. The highest BCUT2D eigenvalue weighted by Gasteiger charge is 2.17. The molecule has 0 bridgehead atoms. The smallest absolute Gasteiger partial charge is 0.169 e. The first-order chi connectivity index (χ1) is 7.40. The molecule has 1 aromatic rings. The highest BCUT2D eigenvalue weighted by molar-refractivity contribution is 7.09. The lowest BCUT2D eigenvalue weighted by Crippen LogP contribution is -2.26. The first-order valence-electron chi connectivity index (χ1n) is 4.85. The van der Waals surface area contributed by atoms with Gasteiger partial charge in [0.25, 0.3) is 0 Å². The molecule has 2 rings (SSSR count). The van der Waals surface area contributed by atoms with Crippen LogP contribution in [-0.4, -0.2) is 24.4 Å². The Bertz CT molecular complexity index is 326. The van der Waals surface area contributed by atoms with Gasteiger partial charge in [0.05, 0.1) is 5.01 Å². The number of nitrogens with zero attached hydrogens (tertiary/aromatic N) is 1. The number of hydrogen-bond donors (Lipinski definition) is 1. The van der Waals surface area contributed by atoms with E-state index in [1.54, 1.807) is 11.3 Å². The largest absolute Gasteiger partial charge is 0.317 e. The lowest BCUT2D eigenvalue weighted by atomic mass is 9.99. The topological polar surface area (TPSA) is 42.0 Å². The summed E-state index contributed by atoms with van der Waals surface area (Å²) in [6, 6.07) is 0. The molecular formula is C11H14N2OS. The molecule has 0 saturated carbocycles. The summed E-state index contributed by atoms with van der Waals surface area (Å²) in [6.45, 7) is 2.14. The van der Waals surface area contributed by atoms with E-state index in [0.717, 1.165) is 37.2 Å². The van der Waals surface area contributed by atoms with Crippen molar-refractivity contribution >= 4 is 17.6 Å². The van der Waals surface area contributed by atoms with Crippen LogP contribution >= 0.6 is 11.3 Å². The van der Waals surface area contributed by atoms with Gasteiger partial charge in [-0.05, 0) is 25.9 Å². The number of carbonyl (C=O) groups is 1. The predicted molar refractivity (Wildman–Crippen MR) is 62.2 cm³/mol. The van der Waals surface area contributed by atoms with E-state index < -0.39 is 0 Å². The van der Waals surface area contributed by atoms with Crippen molar-refractivity contribution in [2.24, 2.45) is 0 Å². The summed E-state index contributed by atoms with van der Waals surface area (Å²) in [5.74, 6) is 0.569. The average molecular weight is 222 g/mol. The summed E-state index contributed by atoms with van der Waals surface area (Å²) in [5, 5.41) is 6.28. The molecular weight excluding hydrogens is 208 g/mol. The number of thiazole rings is 1. The fourth-order valence-electron chi connectivity index (χ4n) is 1.61. The van der Waals surface area contributed by atoms with Crippen molar-refractivity contribution in [1.29, 1.82) is 0 Å². The molecule has 1 aromatic heterocycles. The maximum Gasteiger partial charge on any atom is 0.169 e. The third kappa shape index (κ3) is 3.15. The molecule has 1 N–H and O–H groups in total. The summed E-state index contributed by atoms with van der Waals surface area (Å²) < 4.78 is 0. The summed E-state index contributed by atoms with van der Waals surface area (Å²) in [5.41, 5.74) is 0.582. The van der Waals surface area contributed by atoms with Crippen LogP contribution in [0.1, 0.15) is 34.3 Å². The van der Waals surface area contributed by atoms with Gasteiger partial charge in [-0.1, -0.05) is 0 Å². The predicted octanol–water partition coefficient (Wildman–Crippen LogP) is 1.67. The number of aromatic nitrogens is 1. The zero-order valence-electron chi connectivity index (χ0n) is 8.48. The standard InChI is InChI=1S/C9H12N2OS.C2H2/c12-5-8-6-13-9(11-8)7-1-3-10-4-2-7;1-2/h5-7,10H,1-4H2;1-2H. The van der Waals surface area contributed by atoms with E-state index in [1.165, 1.54) is 0 Å². The van der Waals surface area contributed by atoms with Crippen molar-refractivity contribution in [1.82, 2.24) is 10.3 Å². The molecule has 0 radical (unpaired) electrons. The van der Waals surface area contributed by atoms with Gasteiger partial charge < -0.3 is 5.32 Å². The van der Waals surface area contributed by atoms with Crippen LogP contribution in [0, 0.1) is 12.8 Å². The normalized spacial score (nSPS) is 16.4. The highest BCUT2D eigenvalue weighted by atomic mass is 32.1. The fourth-order valence-corrected chi connectivity index (χ4v) is 2.55. The van der Waals surface area contributed by atoms with Crippen molar-refractivity contribution in [2.75, 3.05) is 13.1 Å². The molecule has 0 spiro atoms. The number of hydrogen-bond acceptors (Lipinski definition) is 4. The van der Waals surface area contributed by atoms with Crippen LogP contribution in [0.15, 0.2) is 5.38 Å². The van der Waals surface area contributed by atoms with Gasteiger partial charge in [-0.25, -0.2) is 4.98 Å². The quantitative estimate of drug-likeness (QED) is 0.611. The monoisotopic (exact) mass is 222 g/mol. The maximum absolute atomic E-state index is 10.4. The number of piperidine rings is 1. The molecule has 0 atom stereocenters. The second-order valence-corrected chi connectivity index (χ2v) is 4.14. The van der Waals surface area contributed by atoms with Gasteiger partial charge in [-0.2, -0.15) is 0 Å². The third-order valence-electron chi connectivity index (χ3n) is 2.35. The molecule has 1 aliphatic rings. The van der Waals surface area contributed by atoms with Gasteiger partial charge in [0.1, 0.15) is 5.69 Å². The summed E-state index contributed by atoms with van der Waals surface area (Å²) in [4.78, 5) is 14.7. The van der Waals surface area contributed by atoms with Gasteiger partial charge >= 0.3 is 0 Å². The Kier molecular flexibility index (Phi) is 5.02. The molecule has 15 heavy (non-hydrogen) atoms. The minimum Gasteiger partial charge on any atom is -0.317 e. The van der Waals surface area contributed by atoms with Crippen LogP contribution in [0.2, 0.25) is 0 Å². The van der Waals surface area contributed by atoms with E-state index in [1.807, 2.05) is 5.38 Å². The Morgan fingerprint density at radius 2 is 2.13 bits per heavy atom. The Morgan fingerprint density at radius 1 is 1.47 bits per heavy atom. The van der Waals surface area contributed by atoms with Crippen LogP contribution in [0.3, 0.4) is 0 Å². The average Bonchev–Trinajstić information content (AvgIpc) is 2.81. The van der Waals surface area contributed by atoms with E-state index in [9.17, 15) is 4.79 Å². The van der Waals surface area contributed by atoms with Crippen molar-refractivity contribution in [3.05, 3.63) is 16.1 Å². The second-order valence-electron chi connectivity index (χ2n) is 3.25. The van der Waals surface area contributed by atoms with E-state index >= 15 is 0 Å². The number of carbonyl (C=O) groups excluding carboxylic acids is 1. The molecule has 0 aliphatic carbocycles. The van der Waals surface area contributed by atoms with Gasteiger partial charge in [0.15, 0.2) is 6.29 Å². The van der Waals surface area contributed by atoms with Gasteiger partial charge in [-0.3, -0.25) is 4.79 Å². The fraction of sp³-hybridized carbons (Fsp3) is 0.455. The first kappa shape index (κ1) is 11.9. The first-order valence-corrected chi connectivity index (χ1v) is 5.73. The Morgan fingerprint density at radius 3 is 2.67 bits per heavy atom. The molecule has 1 fully saturated rings. The number of aldehydes is 1. The Labute approximate surface area is 93.9 Å². The van der Waals surface area contributed by atoms with Gasteiger partial charge in [0, 0.05) is 11.3 Å². The number of terminal acetylenes is 1. The van der Waals surface area contributed by atoms with Gasteiger partial charge in [-0.15, -0.1) is 24.2 Å². The van der Waals surface area contributed by atoms with Crippen molar-refractivity contribution in [2.45, 2.75) is 18.8 Å². The minimum absolute atomic E-state index is 0.569. The van der Waals surface area contributed by atoms with Crippen LogP contribution < -0.4 is 5.32 Å². The second kappa shape index (κ2) is 6.33. The third-order valence-corrected chi connectivity index (χ3v) is 3.37. The van der Waals surface area contributed by atoms with Crippen molar-refractivity contribution in [3.8, 4) is 12.8 Å². The van der Waals surface area contributed by atoms with Crippen molar-refractivity contribution < 1.29 is 4.79 Å². The van der Waals surface area contributed by atoms with Crippen LogP contribution in [-0.2, 0) is 0 Å². The maximum atomic E-state index is 10.4. The van der Waals surface area contributed by atoms with E-state index in [2.05, 4.69) is 23.1 Å². The van der Waals surface area contributed by atoms with Gasteiger partial charge in [0.2, 0.25) is 0 Å². The molecule has 1 aliphatic heterocycles. The molecule has 0 aromatic carbocycles. The molecule has 80 valence electrons. The molecule has 0 unspecified atom stereocenters. The number of rotatable bonds is 2. The lowest BCUT2D eigenvalue weighted by Gasteiger charge is -2.20. The molecule has 3 nitrogen and oxygen atoms in total. The summed E-state index contributed by atoms with van der Waals surface area (Å²) in [6.07, 6.45) is 11.1. The lowest BCUT2D eigenvalue weighted by molar-refractivity contribution is 0.111. The summed E-state index contributed by atoms with van der Waals surface area (Å²) >= 11 is 1.61. The zero-order valence-corrected chi connectivity index (χ0v) is 9.30. The molecule has 4 heteroatoms. The van der Waals surface area contributed by atoms with Crippen molar-refractivity contribution in [3.63, 3.8) is 0 Å². The molecule has 2 heterocycles. The van der Waals surface area contributed by atoms with Crippen LogP contribution in [0.4, 0.5) is 0 Å². The SMILES string of the molecule is C#C.O=Cc1csc(C2CCNCC2)n1. The Hall–Kier alpha value is -1.18. The summed E-state index contributed by atoms with van der Waals surface area (Å²) in [7, 11) is 0. The zero-order chi connectivity index (χ0) is 11.1. The Balaban J connectivity index is 0.000000531. The van der Waals surface area contributed by atoms with E-state index in [4.69, 9.17) is 0 Å². The van der Waals surface area contributed by atoms with Crippen LogP contribution in [0.5, 0.6) is 0 Å². The highest BCUT2D eigenvalue weighted by Crippen LogP contribution is 2.27.